The summed E-state index contributed by atoms with van der Waals surface area (Å²) in [5, 5.41) is 5.04. The second kappa shape index (κ2) is 5.58. The van der Waals surface area contributed by atoms with E-state index in [-0.39, 0.29) is 6.04 Å². The Morgan fingerprint density at radius 3 is 2.94 bits per heavy atom. The zero-order valence-electron chi connectivity index (χ0n) is 9.51. The molecule has 0 fully saturated rings. The highest BCUT2D eigenvalue weighted by atomic mass is 35.5. The highest BCUT2D eigenvalue weighted by Gasteiger charge is 2.09. The molecule has 0 spiro atoms. The molecular weight excluding hydrogens is 254 g/mol. The third-order valence-corrected chi connectivity index (χ3v) is 3.69. The van der Waals surface area contributed by atoms with Gasteiger partial charge in [0, 0.05) is 28.9 Å². The fourth-order valence-corrected chi connectivity index (χ4v) is 2.64. The summed E-state index contributed by atoms with van der Waals surface area (Å²) in [5.41, 5.74) is 6.98. The van der Waals surface area contributed by atoms with Crippen molar-refractivity contribution in [2.24, 2.45) is 12.8 Å². The van der Waals surface area contributed by atoms with Crippen molar-refractivity contribution >= 4 is 23.4 Å². The molecule has 0 saturated carbocycles. The molecule has 0 aliphatic rings. The van der Waals surface area contributed by atoms with Crippen LogP contribution in [0.4, 0.5) is 0 Å². The topological polar surface area (TPSA) is 43.8 Å². The first kappa shape index (κ1) is 12.5. The maximum Gasteiger partial charge on any atom is 0.0800 e. The normalized spacial score (nSPS) is 12.6. The van der Waals surface area contributed by atoms with Gasteiger partial charge in [-0.1, -0.05) is 17.7 Å². The van der Waals surface area contributed by atoms with E-state index in [2.05, 4.69) is 5.10 Å². The van der Waals surface area contributed by atoms with Crippen LogP contribution in [0.3, 0.4) is 0 Å². The Hall–Kier alpha value is -0.970. The molecular formula is C12H14ClN3S. The van der Waals surface area contributed by atoms with Crippen LogP contribution in [0.5, 0.6) is 0 Å². The first-order valence-corrected chi connectivity index (χ1v) is 6.65. The number of nitrogens with zero attached hydrogens (tertiary/aromatic N) is 2. The zero-order chi connectivity index (χ0) is 12.3. The van der Waals surface area contributed by atoms with Crippen LogP contribution in [-0.4, -0.2) is 15.5 Å². The van der Waals surface area contributed by atoms with E-state index in [9.17, 15) is 0 Å². The van der Waals surface area contributed by atoms with Crippen LogP contribution in [0.25, 0.3) is 0 Å². The van der Waals surface area contributed by atoms with Gasteiger partial charge in [0.25, 0.3) is 0 Å². The molecule has 1 aromatic heterocycles. The fraction of sp³-hybridized carbons (Fsp3) is 0.250. The van der Waals surface area contributed by atoms with E-state index < -0.39 is 0 Å². The van der Waals surface area contributed by atoms with Crippen LogP contribution < -0.4 is 5.73 Å². The molecule has 1 unspecified atom stereocenters. The van der Waals surface area contributed by atoms with E-state index in [1.54, 1.807) is 16.4 Å². The Labute approximate surface area is 110 Å². The SMILES string of the molecule is Cn1ccc(C(N)CSc2cccc(Cl)c2)n1. The molecule has 1 atom stereocenters. The molecule has 1 aromatic carbocycles. The van der Waals surface area contributed by atoms with E-state index in [1.807, 2.05) is 43.6 Å². The average molecular weight is 268 g/mol. The van der Waals surface area contributed by atoms with Crippen LogP contribution in [0.15, 0.2) is 41.4 Å². The molecule has 0 radical (unpaired) electrons. The molecule has 17 heavy (non-hydrogen) atoms. The van der Waals surface area contributed by atoms with Gasteiger partial charge in [0.15, 0.2) is 0 Å². The Balaban J connectivity index is 1.94. The van der Waals surface area contributed by atoms with Crippen molar-refractivity contribution in [3.8, 4) is 0 Å². The number of hydrogen-bond donors (Lipinski definition) is 1. The maximum absolute atomic E-state index is 6.06. The fourth-order valence-electron chi connectivity index (χ4n) is 1.46. The molecule has 0 aliphatic carbocycles. The summed E-state index contributed by atoms with van der Waals surface area (Å²) in [7, 11) is 1.89. The van der Waals surface area contributed by atoms with Gasteiger partial charge in [-0.3, -0.25) is 4.68 Å². The number of aromatic nitrogens is 2. The number of rotatable bonds is 4. The number of thioether (sulfide) groups is 1. The van der Waals surface area contributed by atoms with E-state index in [0.717, 1.165) is 21.4 Å². The number of halogens is 1. The van der Waals surface area contributed by atoms with Gasteiger partial charge in [0.1, 0.15) is 0 Å². The van der Waals surface area contributed by atoms with Gasteiger partial charge >= 0.3 is 0 Å². The zero-order valence-corrected chi connectivity index (χ0v) is 11.1. The van der Waals surface area contributed by atoms with Crippen LogP contribution in [-0.2, 0) is 7.05 Å². The quantitative estimate of drug-likeness (QED) is 0.867. The van der Waals surface area contributed by atoms with Crippen molar-refractivity contribution in [1.82, 2.24) is 9.78 Å². The number of benzene rings is 1. The molecule has 0 aliphatic heterocycles. The van der Waals surface area contributed by atoms with Crippen molar-refractivity contribution < 1.29 is 0 Å². The molecule has 1 heterocycles. The van der Waals surface area contributed by atoms with Crippen LogP contribution in [0.2, 0.25) is 5.02 Å². The van der Waals surface area contributed by atoms with Crippen LogP contribution >= 0.6 is 23.4 Å². The van der Waals surface area contributed by atoms with Gasteiger partial charge in [-0.2, -0.15) is 5.10 Å². The minimum Gasteiger partial charge on any atom is -0.322 e. The largest absolute Gasteiger partial charge is 0.322 e. The standard InChI is InChI=1S/C12H14ClN3S/c1-16-6-5-12(15-16)11(14)8-17-10-4-2-3-9(13)7-10/h2-7,11H,8,14H2,1H3. The van der Waals surface area contributed by atoms with Crippen LogP contribution in [0, 0.1) is 0 Å². The molecule has 2 N–H and O–H groups in total. The number of hydrogen-bond acceptors (Lipinski definition) is 3. The Bertz CT molecular complexity index is 498. The van der Waals surface area contributed by atoms with Crippen molar-refractivity contribution in [2.75, 3.05) is 5.75 Å². The lowest BCUT2D eigenvalue weighted by Gasteiger charge is -2.08. The second-order valence-electron chi connectivity index (χ2n) is 3.79. The third kappa shape index (κ3) is 3.49. The predicted octanol–water partition coefficient (Wildman–Crippen LogP) is 2.87. The first-order valence-electron chi connectivity index (χ1n) is 5.28. The van der Waals surface area contributed by atoms with E-state index in [1.165, 1.54) is 0 Å². The van der Waals surface area contributed by atoms with Crippen molar-refractivity contribution in [2.45, 2.75) is 10.9 Å². The molecule has 5 heteroatoms. The van der Waals surface area contributed by atoms with Gasteiger partial charge in [0.05, 0.1) is 11.7 Å². The first-order chi connectivity index (χ1) is 8.15. The summed E-state index contributed by atoms with van der Waals surface area (Å²) in [6.07, 6.45) is 1.90. The summed E-state index contributed by atoms with van der Waals surface area (Å²) >= 11 is 7.61. The summed E-state index contributed by atoms with van der Waals surface area (Å²) in [6.45, 7) is 0. The second-order valence-corrected chi connectivity index (χ2v) is 5.32. The van der Waals surface area contributed by atoms with Crippen LogP contribution in [0.1, 0.15) is 11.7 Å². The van der Waals surface area contributed by atoms with Crippen molar-refractivity contribution in [3.05, 3.63) is 47.2 Å². The highest BCUT2D eigenvalue weighted by molar-refractivity contribution is 7.99. The Morgan fingerprint density at radius 1 is 1.47 bits per heavy atom. The monoisotopic (exact) mass is 267 g/mol. The molecule has 0 bridgehead atoms. The molecule has 2 rings (SSSR count). The average Bonchev–Trinajstić information content (AvgIpc) is 2.73. The number of aryl methyl sites for hydroxylation is 1. The van der Waals surface area contributed by atoms with Crippen molar-refractivity contribution in [1.29, 1.82) is 0 Å². The summed E-state index contributed by atoms with van der Waals surface area (Å²) < 4.78 is 1.76. The maximum atomic E-state index is 6.06. The van der Waals surface area contributed by atoms with E-state index in [4.69, 9.17) is 17.3 Å². The predicted molar refractivity (Wildman–Crippen MR) is 72.3 cm³/mol. The Morgan fingerprint density at radius 2 is 2.29 bits per heavy atom. The minimum atomic E-state index is -0.0554. The third-order valence-electron chi connectivity index (χ3n) is 2.34. The molecule has 0 saturated heterocycles. The molecule has 0 amide bonds. The van der Waals surface area contributed by atoms with Gasteiger partial charge < -0.3 is 5.73 Å². The smallest absolute Gasteiger partial charge is 0.0800 e. The lowest BCUT2D eigenvalue weighted by atomic mass is 10.3. The van der Waals surface area contributed by atoms with Gasteiger partial charge in [0.2, 0.25) is 0 Å². The summed E-state index contributed by atoms with van der Waals surface area (Å²) in [6, 6.07) is 9.67. The lowest BCUT2D eigenvalue weighted by Crippen LogP contribution is -2.14. The van der Waals surface area contributed by atoms with E-state index in [0.29, 0.717) is 0 Å². The molecule has 3 nitrogen and oxygen atoms in total. The molecule has 90 valence electrons. The van der Waals surface area contributed by atoms with E-state index >= 15 is 0 Å². The van der Waals surface area contributed by atoms with Gasteiger partial charge in [-0.25, -0.2) is 0 Å². The Kier molecular flexibility index (Phi) is 4.10. The highest BCUT2D eigenvalue weighted by Crippen LogP contribution is 2.24. The summed E-state index contributed by atoms with van der Waals surface area (Å²) in [5.74, 6) is 0.789. The lowest BCUT2D eigenvalue weighted by molar-refractivity contribution is 0.704. The van der Waals surface area contributed by atoms with Gasteiger partial charge in [-0.15, -0.1) is 11.8 Å². The van der Waals surface area contributed by atoms with Crippen molar-refractivity contribution in [3.63, 3.8) is 0 Å². The van der Waals surface area contributed by atoms with Gasteiger partial charge in [-0.05, 0) is 24.3 Å². The molecule has 2 aromatic rings. The minimum absolute atomic E-state index is 0.0554. The number of nitrogens with two attached hydrogens (primary N) is 1. The summed E-state index contributed by atoms with van der Waals surface area (Å²) in [4.78, 5) is 1.13.